The molecule has 84 valence electrons. The number of nitrogens with zero attached hydrogens (tertiary/aromatic N) is 1. The average Bonchev–Trinajstić information content (AvgIpc) is 2.40. The van der Waals surface area contributed by atoms with Crippen LogP contribution in [0.25, 0.3) is 21.8 Å². The van der Waals surface area contributed by atoms with Gasteiger partial charge in [0.05, 0.1) is 16.5 Å². The van der Waals surface area contributed by atoms with E-state index in [1.807, 2.05) is 12.1 Å². The molecule has 0 aliphatic rings. The normalized spacial score (nSPS) is 11.1. The van der Waals surface area contributed by atoms with Gasteiger partial charge in [-0.05, 0) is 19.1 Å². The number of hydrogen-bond donors (Lipinski definition) is 1. The van der Waals surface area contributed by atoms with Crippen LogP contribution in [-0.2, 0) is 6.54 Å². The molecule has 2 heteroatoms. The third-order valence-electron chi connectivity index (χ3n) is 3.29. The fourth-order valence-corrected chi connectivity index (χ4v) is 2.49. The first kappa shape index (κ1) is 10.1. The number of fused-ring (bicyclic) bond motifs is 2. The van der Waals surface area contributed by atoms with Crippen LogP contribution in [0.15, 0.2) is 48.5 Å². The topological polar surface area (TPSA) is 29.9 Å². The van der Waals surface area contributed by atoms with Crippen molar-refractivity contribution in [2.45, 2.75) is 13.5 Å². The fraction of sp³-hybridized carbons (Fsp3) is 0.133. The summed E-state index contributed by atoms with van der Waals surface area (Å²) in [5, 5.41) is 2.26. The van der Waals surface area contributed by atoms with Gasteiger partial charge in [0.2, 0.25) is 11.0 Å². The molecule has 0 saturated heterocycles. The van der Waals surface area contributed by atoms with Gasteiger partial charge in [-0.2, -0.15) is 4.57 Å². The lowest BCUT2D eigenvalue weighted by molar-refractivity contribution is -0.641. The van der Waals surface area contributed by atoms with E-state index in [0.717, 1.165) is 23.0 Å². The van der Waals surface area contributed by atoms with Gasteiger partial charge in [-0.1, -0.05) is 24.3 Å². The Labute approximate surface area is 100 Å². The minimum absolute atomic E-state index is 0.876. The smallest absolute Gasteiger partial charge is 0.215 e. The lowest BCUT2D eigenvalue weighted by atomic mass is 10.1. The average molecular weight is 223 g/mol. The number of para-hydroxylation sites is 2. The van der Waals surface area contributed by atoms with Crippen LogP contribution in [-0.4, -0.2) is 0 Å². The van der Waals surface area contributed by atoms with Crippen LogP contribution in [0.2, 0.25) is 0 Å². The Morgan fingerprint density at radius 1 is 0.882 bits per heavy atom. The van der Waals surface area contributed by atoms with Crippen LogP contribution in [0.3, 0.4) is 0 Å². The van der Waals surface area contributed by atoms with E-state index in [2.05, 4.69) is 47.9 Å². The molecule has 0 atom stereocenters. The predicted octanol–water partition coefficient (Wildman–Crippen LogP) is 2.88. The van der Waals surface area contributed by atoms with Crippen LogP contribution in [0.4, 0.5) is 5.69 Å². The van der Waals surface area contributed by atoms with E-state index >= 15 is 0 Å². The Hall–Kier alpha value is -2.09. The summed E-state index contributed by atoms with van der Waals surface area (Å²) in [6.45, 7) is 3.11. The van der Waals surface area contributed by atoms with Gasteiger partial charge in [-0.15, -0.1) is 0 Å². The summed E-state index contributed by atoms with van der Waals surface area (Å²) in [6, 6.07) is 16.6. The van der Waals surface area contributed by atoms with E-state index in [-0.39, 0.29) is 0 Å². The Morgan fingerprint density at radius 3 is 1.82 bits per heavy atom. The molecule has 2 aromatic carbocycles. The molecule has 1 heterocycles. The highest BCUT2D eigenvalue weighted by atomic mass is 15.0. The molecule has 0 bridgehead atoms. The van der Waals surface area contributed by atoms with E-state index < -0.39 is 0 Å². The molecule has 1 aromatic heterocycles. The lowest BCUT2D eigenvalue weighted by Gasteiger charge is -2.07. The number of rotatable bonds is 1. The van der Waals surface area contributed by atoms with E-state index in [1.54, 1.807) is 0 Å². The van der Waals surface area contributed by atoms with Crippen LogP contribution in [0.5, 0.6) is 0 Å². The highest BCUT2D eigenvalue weighted by Crippen LogP contribution is 2.26. The maximum Gasteiger partial charge on any atom is 0.215 e. The first-order valence-corrected chi connectivity index (χ1v) is 5.91. The number of hydrogen-bond acceptors (Lipinski definition) is 1. The number of benzene rings is 2. The molecule has 3 rings (SSSR count). The van der Waals surface area contributed by atoms with Gasteiger partial charge in [-0.3, -0.25) is 0 Å². The van der Waals surface area contributed by atoms with Crippen LogP contribution in [0, 0.1) is 0 Å². The van der Waals surface area contributed by atoms with E-state index in [4.69, 9.17) is 5.73 Å². The second-order valence-electron chi connectivity index (χ2n) is 4.19. The van der Waals surface area contributed by atoms with Gasteiger partial charge >= 0.3 is 0 Å². The minimum Gasteiger partial charge on any atom is -0.397 e. The Kier molecular flexibility index (Phi) is 2.22. The van der Waals surface area contributed by atoms with Crippen molar-refractivity contribution in [3.63, 3.8) is 0 Å². The fourth-order valence-electron chi connectivity index (χ4n) is 2.49. The SMILES string of the molecule is CC[n+]1c2ccccc2c(N)c2ccccc21. The molecule has 0 unspecified atom stereocenters. The number of nitrogen functional groups attached to an aromatic ring is 1. The summed E-state index contributed by atoms with van der Waals surface area (Å²) in [6.07, 6.45) is 0. The molecule has 0 radical (unpaired) electrons. The largest absolute Gasteiger partial charge is 0.397 e. The van der Waals surface area contributed by atoms with Crippen LogP contribution >= 0.6 is 0 Å². The summed E-state index contributed by atoms with van der Waals surface area (Å²) in [5.74, 6) is 0. The number of aromatic nitrogens is 1. The van der Waals surface area contributed by atoms with Crippen molar-refractivity contribution in [1.29, 1.82) is 0 Å². The number of pyridine rings is 1. The molecule has 0 aliphatic carbocycles. The molecule has 0 aliphatic heterocycles. The van der Waals surface area contributed by atoms with Gasteiger partial charge in [0.1, 0.15) is 6.54 Å². The highest BCUT2D eigenvalue weighted by Gasteiger charge is 2.16. The predicted molar refractivity (Wildman–Crippen MR) is 71.7 cm³/mol. The maximum atomic E-state index is 6.26. The third kappa shape index (κ3) is 1.37. The molecule has 0 fully saturated rings. The van der Waals surface area contributed by atoms with Crippen LogP contribution in [0.1, 0.15) is 6.92 Å². The van der Waals surface area contributed by atoms with Crippen molar-refractivity contribution in [3.8, 4) is 0 Å². The van der Waals surface area contributed by atoms with Crippen molar-refractivity contribution in [2.75, 3.05) is 5.73 Å². The molecule has 2 nitrogen and oxygen atoms in total. The number of aryl methyl sites for hydroxylation is 1. The molecule has 0 saturated carbocycles. The Bertz CT molecular complexity index is 645. The van der Waals surface area contributed by atoms with Gasteiger partial charge < -0.3 is 5.73 Å². The second kappa shape index (κ2) is 3.74. The monoisotopic (exact) mass is 223 g/mol. The maximum absolute atomic E-state index is 6.26. The van der Waals surface area contributed by atoms with E-state index in [1.165, 1.54) is 11.0 Å². The zero-order valence-corrected chi connectivity index (χ0v) is 9.85. The molecule has 17 heavy (non-hydrogen) atoms. The molecule has 0 spiro atoms. The van der Waals surface area contributed by atoms with Gasteiger partial charge in [0.25, 0.3) is 0 Å². The van der Waals surface area contributed by atoms with Crippen molar-refractivity contribution >= 4 is 27.5 Å². The molecule has 3 aromatic rings. The van der Waals surface area contributed by atoms with E-state index in [0.29, 0.717) is 0 Å². The summed E-state index contributed by atoms with van der Waals surface area (Å²) >= 11 is 0. The molecular formula is C15H15N2+. The minimum atomic E-state index is 0.876. The lowest BCUT2D eigenvalue weighted by Crippen LogP contribution is -2.34. The first-order valence-electron chi connectivity index (χ1n) is 5.91. The summed E-state index contributed by atoms with van der Waals surface area (Å²) in [4.78, 5) is 0. The molecule has 2 N–H and O–H groups in total. The van der Waals surface area contributed by atoms with Crippen molar-refractivity contribution in [2.24, 2.45) is 0 Å². The number of nitrogens with two attached hydrogens (primary N) is 1. The Balaban J connectivity index is 2.63. The first-order chi connectivity index (χ1) is 8.33. The van der Waals surface area contributed by atoms with E-state index in [9.17, 15) is 0 Å². The summed E-state index contributed by atoms with van der Waals surface area (Å²) in [5.41, 5.74) is 9.54. The van der Waals surface area contributed by atoms with Crippen molar-refractivity contribution < 1.29 is 4.57 Å². The second-order valence-corrected chi connectivity index (χ2v) is 4.19. The van der Waals surface area contributed by atoms with Crippen molar-refractivity contribution in [1.82, 2.24) is 0 Å². The van der Waals surface area contributed by atoms with Crippen LogP contribution < -0.4 is 10.3 Å². The standard InChI is InChI=1S/C15H14N2/c1-2-17-13-9-5-3-7-11(13)15(16)12-8-4-6-10-14(12)17/h3-10,16H,2H2,1H3/p+1. The van der Waals surface area contributed by atoms with Gasteiger partial charge in [0, 0.05) is 12.1 Å². The van der Waals surface area contributed by atoms with Gasteiger partial charge in [0.15, 0.2) is 0 Å². The molecule has 0 amide bonds. The summed E-state index contributed by atoms with van der Waals surface area (Å²) < 4.78 is 2.31. The quantitative estimate of drug-likeness (QED) is 0.499. The highest BCUT2D eigenvalue weighted by molar-refractivity contribution is 6.03. The van der Waals surface area contributed by atoms with Gasteiger partial charge in [-0.25, -0.2) is 0 Å². The zero-order valence-electron chi connectivity index (χ0n) is 9.85. The number of anilines is 1. The third-order valence-corrected chi connectivity index (χ3v) is 3.29. The summed E-state index contributed by atoms with van der Waals surface area (Å²) in [7, 11) is 0. The van der Waals surface area contributed by atoms with Crippen molar-refractivity contribution in [3.05, 3.63) is 48.5 Å². The molecular weight excluding hydrogens is 208 g/mol. The zero-order chi connectivity index (χ0) is 11.8. The Morgan fingerprint density at radius 2 is 1.35 bits per heavy atom.